The van der Waals surface area contributed by atoms with Crippen molar-refractivity contribution in [3.8, 4) is 0 Å². The van der Waals surface area contributed by atoms with Gasteiger partial charge in [-0.05, 0) is 6.07 Å². The third-order valence-electron chi connectivity index (χ3n) is 2.65. The van der Waals surface area contributed by atoms with Crippen LogP contribution in [0.1, 0.15) is 17.3 Å². The fourth-order valence-electron chi connectivity index (χ4n) is 1.72. The van der Waals surface area contributed by atoms with E-state index >= 15 is 0 Å². The van der Waals surface area contributed by atoms with E-state index in [-0.39, 0.29) is 16.4 Å². The Balaban J connectivity index is 2.10. The average molecular weight is 326 g/mol. The van der Waals surface area contributed by atoms with Gasteiger partial charge in [0.2, 0.25) is 15.9 Å². The average Bonchev–Trinajstić information content (AvgIpc) is 2.84. The molecule has 0 amide bonds. The van der Waals surface area contributed by atoms with Crippen molar-refractivity contribution in [3.05, 3.63) is 41.5 Å². The summed E-state index contributed by atoms with van der Waals surface area (Å²) in [7, 11) is -3.70. The van der Waals surface area contributed by atoms with Gasteiger partial charge in [0.1, 0.15) is 4.99 Å². The third-order valence-corrected chi connectivity index (χ3v) is 4.39. The molecule has 112 valence electrons. The molecule has 0 aliphatic carbocycles. The van der Waals surface area contributed by atoms with Gasteiger partial charge in [0.05, 0.1) is 4.90 Å². The number of benzene rings is 1. The summed E-state index contributed by atoms with van der Waals surface area (Å²) in [6.07, 6.45) is 0.325. The Hall–Kier alpha value is -1.84. The van der Waals surface area contributed by atoms with E-state index in [1.54, 1.807) is 25.1 Å². The van der Waals surface area contributed by atoms with Crippen molar-refractivity contribution in [3.63, 3.8) is 0 Å². The Labute approximate surface area is 127 Å². The molecule has 21 heavy (non-hydrogen) atoms. The topological polar surface area (TPSA) is 111 Å². The molecule has 1 aromatic heterocycles. The predicted octanol–water partition coefficient (Wildman–Crippen LogP) is 0.533. The highest BCUT2D eigenvalue weighted by molar-refractivity contribution is 7.89. The summed E-state index contributed by atoms with van der Waals surface area (Å²) in [6, 6.07) is 6.31. The van der Waals surface area contributed by atoms with Crippen LogP contribution in [-0.2, 0) is 16.4 Å². The lowest BCUT2D eigenvalue weighted by Crippen LogP contribution is -2.28. The molecule has 2 rings (SSSR count). The van der Waals surface area contributed by atoms with Crippen LogP contribution in [0.25, 0.3) is 0 Å². The Kier molecular flexibility index (Phi) is 4.66. The number of sulfonamides is 1. The van der Waals surface area contributed by atoms with Crippen molar-refractivity contribution in [2.45, 2.75) is 18.2 Å². The summed E-state index contributed by atoms with van der Waals surface area (Å²) in [5.41, 5.74) is 5.86. The maximum atomic E-state index is 12.3. The number of nitrogens with one attached hydrogen (secondary N) is 1. The van der Waals surface area contributed by atoms with E-state index in [9.17, 15) is 8.42 Å². The minimum absolute atomic E-state index is 0.0322. The Bertz CT molecular complexity index is 755. The standard InChI is InChI=1S/C12H14N4O3S2/c1-8-15-11(16-19-8)6-7-14-21(17,18)10-5-3-2-4-9(10)12(13)20/h2-5,14H,6-7H2,1H3,(H2,13,20). The first-order valence-electron chi connectivity index (χ1n) is 6.08. The molecule has 0 bridgehead atoms. The van der Waals surface area contributed by atoms with Crippen molar-refractivity contribution >= 4 is 27.2 Å². The van der Waals surface area contributed by atoms with Gasteiger partial charge < -0.3 is 10.3 Å². The van der Waals surface area contributed by atoms with Crippen molar-refractivity contribution in [2.24, 2.45) is 5.73 Å². The van der Waals surface area contributed by atoms with Crippen LogP contribution < -0.4 is 10.5 Å². The predicted molar refractivity (Wildman–Crippen MR) is 80.3 cm³/mol. The van der Waals surface area contributed by atoms with Gasteiger partial charge in [0.25, 0.3) is 0 Å². The van der Waals surface area contributed by atoms with E-state index in [4.69, 9.17) is 22.5 Å². The summed E-state index contributed by atoms with van der Waals surface area (Å²) in [5.74, 6) is 0.879. The molecular weight excluding hydrogens is 312 g/mol. The minimum atomic E-state index is -3.70. The second-order valence-corrected chi connectivity index (χ2v) is 6.41. The molecule has 0 saturated heterocycles. The fourth-order valence-corrected chi connectivity index (χ4v) is 3.22. The zero-order valence-corrected chi connectivity index (χ0v) is 12.9. The van der Waals surface area contributed by atoms with Crippen LogP contribution in [0.3, 0.4) is 0 Å². The van der Waals surface area contributed by atoms with Gasteiger partial charge in [-0.3, -0.25) is 0 Å². The number of thiocarbonyl (C=S) groups is 1. The van der Waals surface area contributed by atoms with Gasteiger partial charge >= 0.3 is 0 Å². The Morgan fingerprint density at radius 2 is 2.14 bits per heavy atom. The number of aryl methyl sites for hydroxylation is 1. The van der Waals surface area contributed by atoms with Crippen molar-refractivity contribution in [1.82, 2.24) is 14.9 Å². The fraction of sp³-hybridized carbons (Fsp3) is 0.250. The minimum Gasteiger partial charge on any atom is -0.389 e. The van der Waals surface area contributed by atoms with E-state index in [1.807, 2.05) is 0 Å². The molecule has 0 radical (unpaired) electrons. The van der Waals surface area contributed by atoms with Crippen LogP contribution in [0.2, 0.25) is 0 Å². The van der Waals surface area contributed by atoms with Gasteiger partial charge in [0.15, 0.2) is 5.82 Å². The lowest BCUT2D eigenvalue weighted by atomic mass is 10.2. The summed E-state index contributed by atoms with van der Waals surface area (Å²) >= 11 is 4.86. The maximum Gasteiger partial charge on any atom is 0.241 e. The van der Waals surface area contributed by atoms with Gasteiger partial charge in [-0.25, -0.2) is 13.1 Å². The van der Waals surface area contributed by atoms with Gasteiger partial charge in [-0.1, -0.05) is 35.6 Å². The quantitative estimate of drug-likeness (QED) is 0.745. The zero-order valence-electron chi connectivity index (χ0n) is 11.2. The number of hydrogen-bond donors (Lipinski definition) is 2. The number of rotatable bonds is 6. The van der Waals surface area contributed by atoms with Crippen molar-refractivity contribution < 1.29 is 12.9 Å². The zero-order chi connectivity index (χ0) is 15.5. The van der Waals surface area contributed by atoms with Crippen LogP contribution in [0.4, 0.5) is 0 Å². The summed E-state index contributed by atoms with van der Waals surface area (Å²) < 4.78 is 31.8. The molecule has 1 heterocycles. The number of aromatic nitrogens is 2. The molecule has 2 aromatic rings. The lowest BCUT2D eigenvalue weighted by molar-refractivity contribution is 0.387. The van der Waals surface area contributed by atoms with Crippen LogP contribution in [0, 0.1) is 6.92 Å². The van der Waals surface area contributed by atoms with Crippen LogP contribution in [-0.4, -0.2) is 30.1 Å². The molecule has 0 spiro atoms. The third kappa shape index (κ3) is 3.84. The van der Waals surface area contributed by atoms with E-state index in [2.05, 4.69) is 14.9 Å². The highest BCUT2D eigenvalue weighted by Crippen LogP contribution is 2.15. The van der Waals surface area contributed by atoms with Gasteiger partial charge in [-0.15, -0.1) is 0 Å². The molecule has 1 aromatic carbocycles. The molecule has 0 fully saturated rings. The van der Waals surface area contributed by atoms with Gasteiger partial charge in [-0.2, -0.15) is 4.98 Å². The second kappa shape index (κ2) is 6.29. The number of nitrogens with zero attached hydrogens (tertiary/aromatic N) is 2. The van der Waals surface area contributed by atoms with Crippen LogP contribution >= 0.6 is 12.2 Å². The maximum absolute atomic E-state index is 12.3. The first kappa shape index (κ1) is 15.5. The first-order valence-corrected chi connectivity index (χ1v) is 7.97. The molecule has 7 nitrogen and oxygen atoms in total. The monoisotopic (exact) mass is 326 g/mol. The molecular formula is C12H14N4O3S2. The van der Waals surface area contributed by atoms with Crippen LogP contribution in [0.15, 0.2) is 33.7 Å². The summed E-state index contributed by atoms with van der Waals surface area (Å²) in [5, 5.41) is 3.69. The van der Waals surface area contributed by atoms with E-state index in [1.165, 1.54) is 6.07 Å². The Morgan fingerprint density at radius 3 is 2.76 bits per heavy atom. The van der Waals surface area contributed by atoms with E-state index < -0.39 is 10.0 Å². The summed E-state index contributed by atoms with van der Waals surface area (Å²) in [4.78, 5) is 4.08. The number of nitrogens with two attached hydrogens (primary N) is 1. The van der Waals surface area contributed by atoms with Crippen LogP contribution in [0.5, 0.6) is 0 Å². The van der Waals surface area contributed by atoms with Crippen molar-refractivity contribution in [1.29, 1.82) is 0 Å². The van der Waals surface area contributed by atoms with E-state index in [0.717, 1.165) is 0 Å². The first-order chi connectivity index (χ1) is 9.90. The molecule has 0 aliphatic heterocycles. The molecule has 0 saturated carbocycles. The lowest BCUT2D eigenvalue weighted by Gasteiger charge is -2.09. The largest absolute Gasteiger partial charge is 0.389 e. The smallest absolute Gasteiger partial charge is 0.241 e. The molecule has 0 aliphatic rings. The SMILES string of the molecule is Cc1nc(CCNS(=O)(=O)c2ccccc2C(N)=S)no1. The van der Waals surface area contributed by atoms with Gasteiger partial charge in [0, 0.05) is 25.5 Å². The highest BCUT2D eigenvalue weighted by atomic mass is 32.2. The Morgan fingerprint density at radius 1 is 1.43 bits per heavy atom. The normalized spacial score (nSPS) is 11.5. The molecule has 3 N–H and O–H groups in total. The molecule has 0 atom stereocenters. The van der Waals surface area contributed by atoms with E-state index in [0.29, 0.717) is 23.7 Å². The second-order valence-electron chi connectivity index (χ2n) is 4.24. The highest BCUT2D eigenvalue weighted by Gasteiger charge is 2.19. The summed E-state index contributed by atoms with van der Waals surface area (Å²) in [6.45, 7) is 1.81. The van der Waals surface area contributed by atoms with Crippen molar-refractivity contribution in [2.75, 3.05) is 6.54 Å². The molecule has 9 heteroatoms. The molecule has 0 unspecified atom stereocenters. The number of hydrogen-bond acceptors (Lipinski definition) is 6.